The first-order chi connectivity index (χ1) is 16.3. The van der Waals surface area contributed by atoms with Gasteiger partial charge in [0.25, 0.3) is 0 Å². The van der Waals surface area contributed by atoms with E-state index in [-0.39, 0.29) is 0 Å². The molecule has 0 N–H and O–H groups in total. The van der Waals surface area contributed by atoms with Gasteiger partial charge in [0.1, 0.15) is 23.4 Å². The third-order valence-corrected chi connectivity index (χ3v) is 5.57. The Balaban J connectivity index is 1.83. The van der Waals surface area contributed by atoms with E-state index in [1.807, 2.05) is 30.3 Å². The molecule has 2 aromatic rings. The van der Waals surface area contributed by atoms with Gasteiger partial charge in [0, 0.05) is 25.2 Å². The third-order valence-electron chi connectivity index (χ3n) is 4.70. The number of ether oxygens (including phenoxy) is 6. The summed E-state index contributed by atoms with van der Waals surface area (Å²) in [5, 5.41) is 0. The fraction of sp³-hybridized carbons (Fsp3) is 0.375. The van der Waals surface area contributed by atoms with E-state index < -0.39 is 48.6 Å². The van der Waals surface area contributed by atoms with Crippen molar-refractivity contribution in [2.24, 2.45) is 0 Å². The standard InChI is InChI=1S/C24H25IO9/c1-14(26)29-21-20(13-25)34-24(23(31-16(3)28)22(21)30-15(2)27)33-19-11-9-18(10-12-19)32-17-7-5-4-6-8-17/h4-12,20-24H,13H2,1-3H3/t20-,21-,22+,23-,24?/m1/s1. The van der Waals surface area contributed by atoms with Crippen LogP contribution in [-0.4, -0.2) is 53.0 Å². The van der Waals surface area contributed by atoms with Gasteiger partial charge in [-0.3, -0.25) is 14.4 Å². The maximum atomic E-state index is 11.8. The Morgan fingerprint density at radius 3 is 1.79 bits per heavy atom. The fourth-order valence-corrected chi connectivity index (χ4v) is 4.13. The Morgan fingerprint density at radius 1 is 0.735 bits per heavy atom. The lowest BCUT2D eigenvalue weighted by molar-refractivity contribution is -0.279. The van der Waals surface area contributed by atoms with Crippen LogP contribution in [0, 0.1) is 0 Å². The SMILES string of the molecule is CC(=O)O[C@H]1[C@H](OC(C)=O)[C@@H](OC(C)=O)C(Oc2ccc(Oc3ccccc3)cc2)O[C@@H]1CI. The molecule has 0 spiro atoms. The summed E-state index contributed by atoms with van der Waals surface area (Å²) in [7, 11) is 0. The largest absolute Gasteiger partial charge is 0.461 e. The van der Waals surface area contributed by atoms with Crippen molar-refractivity contribution in [1.82, 2.24) is 0 Å². The molecule has 0 radical (unpaired) electrons. The minimum Gasteiger partial charge on any atom is -0.461 e. The van der Waals surface area contributed by atoms with Crippen molar-refractivity contribution in [3.8, 4) is 17.2 Å². The van der Waals surface area contributed by atoms with Gasteiger partial charge in [0.2, 0.25) is 12.4 Å². The Labute approximate surface area is 210 Å². The van der Waals surface area contributed by atoms with Crippen molar-refractivity contribution in [2.75, 3.05) is 4.43 Å². The molecule has 2 aromatic carbocycles. The number of rotatable bonds is 8. The van der Waals surface area contributed by atoms with Gasteiger partial charge in [-0.25, -0.2) is 0 Å². The molecule has 0 aliphatic carbocycles. The van der Waals surface area contributed by atoms with Crippen molar-refractivity contribution in [3.63, 3.8) is 0 Å². The minimum atomic E-state index is -1.18. The van der Waals surface area contributed by atoms with E-state index in [4.69, 9.17) is 28.4 Å². The van der Waals surface area contributed by atoms with E-state index in [9.17, 15) is 14.4 Å². The first-order valence-electron chi connectivity index (χ1n) is 10.5. The van der Waals surface area contributed by atoms with Gasteiger partial charge in [0.15, 0.2) is 12.2 Å². The number of carbonyl (C=O) groups is 3. The number of esters is 3. The van der Waals surface area contributed by atoms with Crippen molar-refractivity contribution < 1.29 is 42.8 Å². The van der Waals surface area contributed by atoms with Crippen molar-refractivity contribution in [3.05, 3.63) is 54.6 Å². The Hall–Kier alpha value is -2.86. The maximum Gasteiger partial charge on any atom is 0.303 e. The lowest BCUT2D eigenvalue weighted by Crippen LogP contribution is -2.63. The summed E-state index contributed by atoms with van der Waals surface area (Å²) >= 11 is 2.06. The summed E-state index contributed by atoms with van der Waals surface area (Å²) in [5.74, 6) is -0.169. The lowest BCUT2D eigenvalue weighted by atomic mass is 9.99. The summed E-state index contributed by atoms with van der Waals surface area (Å²) in [6.07, 6.45) is -5.08. The average Bonchev–Trinajstić information content (AvgIpc) is 2.78. The number of para-hydroxylation sites is 1. The molecule has 1 heterocycles. The second kappa shape index (κ2) is 12.0. The molecular formula is C24H25IO9. The number of halogens is 1. The van der Waals surface area contributed by atoms with Crippen LogP contribution in [0.4, 0.5) is 0 Å². The summed E-state index contributed by atoms with van der Waals surface area (Å²) in [6, 6.07) is 16.1. The molecule has 1 aliphatic rings. The highest BCUT2D eigenvalue weighted by Crippen LogP contribution is 2.32. The van der Waals surface area contributed by atoms with Crippen LogP contribution < -0.4 is 9.47 Å². The van der Waals surface area contributed by atoms with E-state index in [1.165, 1.54) is 20.8 Å². The van der Waals surface area contributed by atoms with E-state index >= 15 is 0 Å². The highest BCUT2D eigenvalue weighted by Gasteiger charge is 2.52. The van der Waals surface area contributed by atoms with E-state index in [2.05, 4.69) is 22.6 Å². The first kappa shape index (κ1) is 25.8. The normalized spacial score (nSPS) is 23.9. The van der Waals surface area contributed by atoms with E-state index in [0.717, 1.165) is 0 Å². The smallest absolute Gasteiger partial charge is 0.303 e. The number of alkyl halides is 1. The average molecular weight is 584 g/mol. The minimum absolute atomic E-state index is 0.393. The maximum absolute atomic E-state index is 11.8. The molecular weight excluding hydrogens is 559 g/mol. The highest BCUT2D eigenvalue weighted by atomic mass is 127. The Morgan fingerprint density at radius 2 is 1.24 bits per heavy atom. The molecule has 10 heteroatoms. The van der Waals surface area contributed by atoms with E-state index in [1.54, 1.807) is 24.3 Å². The van der Waals surface area contributed by atoms with Crippen molar-refractivity contribution in [1.29, 1.82) is 0 Å². The molecule has 0 amide bonds. The van der Waals surface area contributed by atoms with Crippen molar-refractivity contribution in [2.45, 2.75) is 51.5 Å². The molecule has 34 heavy (non-hydrogen) atoms. The molecule has 1 fully saturated rings. The van der Waals surface area contributed by atoms with Crippen LogP contribution in [0.5, 0.6) is 17.2 Å². The molecule has 182 valence electrons. The Bertz CT molecular complexity index is 980. The van der Waals surface area contributed by atoms with Gasteiger partial charge in [-0.1, -0.05) is 40.8 Å². The molecule has 0 bridgehead atoms. The molecule has 9 nitrogen and oxygen atoms in total. The third kappa shape index (κ3) is 7.07. The summed E-state index contributed by atoms with van der Waals surface area (Å²) in [6.45, 7) is 3.66. The zero-order valence-electron chi connectivity index (χ0n) is 18.8. The summed E-state index contributed by atoms with van der Waals surface area (Å²) in [4.78, 5) is 35.4. The predicted octanol–water partition coefficient (Wildman–Crippen LogP) is 3.81. The number of hydrogen-bond donors (Lipinski definition) is 0. The molecule has 0 saturated carbocycles. The zero-order valence-corrected chi connectivity index (χ0v) is 21.0. The van der Waals surface area contributed by atoms with Gasteiger partial charge in [-0.15, -0.1) is 0 Å². The molecule has 3 rings (SSSR count). The monoisotopic (exact) mass is 584 g/mol. The summed E-state index contributed by atoms with van der Waals surface area (Å²) in [5.41, 5.74) is 0. The van der Waals surface area contributed by atoms with Crippen LogP contribution in [0.15, 0.2) is 54.6 Å². The van der Waals surface area contributed by atoms with Gasteiger partial charge >= 0.3 is 17.9 Å². The van der Waals surface area contributed by atoms with Gasteiger partial charge < -0.3 is 28.4 Å². The molecule has 5 atom stereocenters. The quantitative estimate of drug-likeness (QED) is 0.198. The summed E-state index contributed by atoms with van der Waals surface area (Å²) < 4.78 is 34.4. The Kier molecular flexibility index (Phi) is 9.11. The molecule has 1 saturated heterocycles. The molecule has 1 unspecified atom stereocenters. The number of benzene rings is 2. The number of carbonyl (C=O) groups excluding carboxylic acids is 3. The predicted molar refractivity (Wildman–Crippen MR) is 128 cm³/mol. The van der Waals surface area contributed by atoms with E-state index in [0.29, 0.717) is 21.7 Å². The first-order valence-corrected chi connectivity index (χ1v) is 12.0. The van der Waals surface area contributed by atoms with Crippen molar-refractivity contribution >= 4 is 40.5 Å². The highest BCUT2D eigenvalue weighted by molar-refractivity contribution is 14.1. The fourth-order valence-electron chi connectivity index (χ4n) is 3.42. The van der Waals surface area contributed by atoms with Gasteiger partial charge in [-0.2, -0.15) is 0 Å². The van der Waals surface area contributed by atoms with Crippen LogP contribution in [0.2, 0.25) is 0 Å². The van der Waals surface area contributed by atoms with Crippen LogP contribution >= 0.6 is 22.6 Å². The van der Waals surface area contributed by atoms with Crippen LogP contribution in [0.1, 0.15) is 20.8 Å². The second-order valence-corrected chi connectivity index (χ2v) is 8.30. The number of hydrogen-bond acceptors (Lipinski definition) is 9. The van der Waals surface area contributed by atoms with Crippen LogP contribution in [0.25, 0.3) is 0 Å². The lowest BCUT2D eigenvalue weighted by Gasteiger charge is -2.43. The second-order valence-electron chi connectivity index (χ2n) is 7.42. The molecule has 1 aliphatic heterocycles. The van der Waals surface area contributed by atoms with Gasteiger partial charge in [-0.05, 0) is 36.4 Å². The van der Waals surface area contributed by atoms with Crippen LogP contribution in [0.3, 0.4) is 0 Å². The zero-order chi connectivity index (χ0) is 24.7. The molecule has 0 aromatic heterocycles. The topological polar surface area (TPSA) is 107 Å². The van der Waals surface area contributed by atoms with Crippen LogP contribution in [-0.2, 0) is 33.3 Å². The van der Waals surface area contributed by atoms with Gasteiger partial charge in [0.05, 0.1) is 0 Å².